The van der Waals surface area contributed by atoms with E-state index in [9.17, 15) is 19.2 Å². The maximum absolute atomic E-state index is 14.0. The Bertz CT molecular complexity index is 2720. The van der Waals surface area contributed by atoms with Gasteiger partial charge in [0.25, 0.3) is 0 Å². The molecule has 2 saturated heterocycles. The number of carbonyl (C=O) groups excluding carboxylic acids is 4. The van der Waals surface area contributed by atoms with Crippen molar-refractivity contribution < 1.29 is 28.7 Å². The first kappa shape index (κ1) is 41.5. The largest absolute Gasteiger partial charge is 0.453 e. The minimum absolute atomic E-state index is 0.0816. The van der Waals surface area contributed by atoms with E-state index >= 15 is 0 Å². The predicted octanol–water partition coefficient (Wildman–Crippen LogP) is 8.42. The van der Waals surface area contributed by atoms with E-state index in [0.29, 0.717) is 23.7 Å². The van der Waals surface area contributed by atoms with Crippen molar-refractivity contribution in [3.63, 3.8) is 0 Å². The molecular weight excluding hydrogens is 821 g/mol. The zero-order valence-corrected chi connectivity index (χ0v) is 37.9. The van der Waals surface area contributed by atoms with Gasteiger partial charge in [-0.1, -0.05) is 70.2 Å². The van der Waals surface area contributed by atoms with Crippen molar-refractivity contribution in [3.8, 4) is 33.5 Å². The lowest BCUT2D eigenvalue weighted by molar-refractivity contribution is -0.137. The van der Waals surface area contributed by atoms with Crippen LogP contribution >= 0.6 is 0 Å². The number of methoxy groups -OCH3 is 2. The standard InChI is InChI=1S/C51H58N8O6/c1-24(2)44(56-50(62)64-5)48(60)58-39-19-30(39)21-41(58)46-52-23-38(55-46)27-9-7-26(8-10-27)33-15-14-32(35-17-28-11-13-34(28)43(33)35)29-12-16-36-37(18-29)54-47(53-36)42-22-31-20-40(31)59(42)49(61)45(25(3)4)57-51(63)65-6/h7-10,12,14-16,18,23-25,28,30-31,34,39-42,44-45H,11,13,17,19-22H2,1-6H3,(H,52,55)(H,53,54)(H,56,62)(H,57,63)/t28?,30?,31?,34?,39?,40?,41-,42-,44-,45-/m0/s1. The summed E-state index contributed by atoms with van der Waals surface area (Å²) in [6.45, 7) is 7.75. The molecule has 2 aromatic heterocycles. The van der Waals surface area contributed by atoms with Crippen LogP contribution < -0.4 is 10.6 Å². The number of rotatable bonds is 11. The van der Waals surface area contributed by atoms with Crippen molar-refractivity contribution in [2.24, 2.45) is 29.6 Å². The number of alkyl carbamates (subject to hydrolysis) is 2. The monoisotopic (exact) mass is 878 g/mol. The maximum atomic E-state index is 14.0. The number of aromatic nitrogens is 4. The number of fused-ring (bicyclic) bond motifs is 6. The first-order chi connectivity index (χ1) is 31.4. The topological polar surface area (TPSA) is 175 Å². The number of benzene rings is 3. The van der Waals surface area contributed by atoms with E-state index in [1.165, 1.54) is 54.9 Å². The summed E-state index contributed by atoms with van der Waals surface area (Å²) in [6.07, 6.45) is 7.86. The molecule has 3 saturated carbocycles. The molecule has 0 radical (unpaired) electrons. The third-order valence-electron chi connectivity index (χ3n) is 15.7. The summed E-state index contributed by atoms with van der Waals surface area (Å²) in [6, 6.07) is 18.5. The van der Waals surface area contributed by atoms with Crippen molar-refractivity contribution in [1.82, 2.24) is 40.4 Å². The second-order valence-corrected chi connectivity index (χ2v) is 20.1. The second-order valence-electron chi connectivity index (χ2n) is 20.1. The first-order valence-corrected chi connectivity index (χ1v) is 23.6. The molecular formula is C51H58N8O6. The normalized spacial score (nSPS) is 26.5. The van der Waals surface area contributed by atoms with Gasteiger partial charge in [0.05, 0.1) is 49.2 Å². The molecule has 4 aliphatic carbocycles. The Hall–Kier alpha value is -6.18. The lowest BCUT2D eigenvalue weighted by Gasteiger charge is -2.32. The minimum Gasteiger partial charge on any atom is -0.453 e. The first-order valence-electron chi connectivity index (χ1n) is 23.6. The Labute approximate surface area is 378 Å². The van der Waals surface area contributed by atoms with Crippen LogP contribution in [0.2, 0.25) is 0 Å². The van der Waals surface area contributed by atoms with Crippen LogP contribution in [0.5, 0.6) is 0 Å². The van der Waals surface area contributed by atoms with Gasteiger partial charge in [-0.25, -0.2) is 19.6 Å². The van der Waals surface area contributed by atoms with Gasteiger partial charge >= 0.3 is 12.2 Å². The maximum Gasteiger partial charge on any atom is 0.407 e. The molecule has 5 fully saturated rings. The Balaban J connectivity index is 0.838. The molecule has 4 heterocycles. The zero-order chi connectivity index (χ0) is 45.0. The number of hydrogen-bond acceptors (Lipinski definition) is 8. The number of hydrogen-bond donors (Lipinski definition) is 4. The number of amides is 4. The van der Waals surface area contributed by atoms with Gasteiger partial charge < -0.3 is 39.9 Å². The SMILES string of the molecule is COC(=O)N[C@H](C(=O)N1C2CC2C[C@H]1c1ncc(-c2ccc(-c3ccc(-c4ccc5nc([C@@H]6CC7CC7N6C(=O)[C@@H](NC(=O)OC)C(C)C)[nH]c5c4)c4c3C3CCC3C4)cc2)[nH]1)C(C)C. The number of nitrogens with one attached hydrogen (secondary N) is 4. The van der Waals surface area contributed by atoms with Crippen LogP contribution in [-0.2, 0) is 25.5 Å². The molecule has 4 amide bonds. The molecule has 338 valence electrons. The number of carbonyl (C=O) groups is 4. The fourth-order valence-electron chi connectivity index (χ4n) is 11.9. The van der Waals surface area contributed by atoms with Crippen LogP contribution in [0.3, 0.4) is 0 Å². The van der Waals surface area contributed by atoms with Crippen LogP contribution in [0.25, 0.3) is 44.5 Å². The van der Waals surface area contributed by atoms with Gasteiger partial charge in [0.15, 0.2) is 0 Å². The number of imidazole rings is 2. The molecule has 6 unspecified atom stereocenters. The lowest BCUT2D eigenvalue weighted by atomic mass is 9.73. The van der Waals surface area contributed by atoms with Crippen molar-refractivity contribution >= 4 is 35.0 Å². The molecule has 14 heteroatoms. The average molecular weight is 879 g/mol. The molecule has 65 heavy (non-hydrogen) atoms. The van der Waals surface area contributed by atoms with Crippen molar-refractivity contribution in [2.45, 2.75) is 115 Å². The van der Waals surface area contributed by atoms with E-state index in [2.05, 4.69) is 75.2 Å². The molecule has 14 nitrogen and oxygen atoms in total. The van der Waals surface area contributed by atoms with Crippen molar-refractivity contribution in [3.05, 3.63) is 83.6 Å². The molecule has 6 aliphatic rings. The van der Waals surface area contributed by atoms with Crippen LogP contribution in [0.15, 0.2) is 60.8 Å². The summed E-state index contributed by atoms with van der Waals surface area (Å²) in [5.74, 6) is 3.33. The molecule has 0 spiro atoms. The Morgan fingerprint density at radius 2 is 1.26 bits per heavy atom. The molecule has 5 aromatic rings. The van der Waals surface area contributed by atoms with E-state index in [4.69, 9.17) is 19.4 Å². The molecule has 4 N–H and O–H groups in total. The average Bonchev–Trinajstić information content (AvgIpc) is 3.83. The lowest BCUT2D eigenvalue weighted by Crippen LogP contribution is -2.52. The quantitative estimate of drug-likeness (QED) is 0.102. The number of ether oxygens (including phenoxy) is 2. The predicted molar refractivity (Wildman–Crippen MR) is 244 cm³/mol. The van der Waals surface area contributed by atoms with Gasteiger partial charge in [-0.3, -0.25) is 9.59 Å². The highest BCUT2D eigenvalue weighted by Crippen LogP contribution is 2.57. The van der Waals surface area contributed by atoms with Crippen molar-refractivity contribution in [2.75, 3.05) is 14.2 Å². The number of H-pyrrole nitrogens is 2. The van der Waals surface area contributed by atoms with Gasteiger partial charge in [-0.2, -0.15) is 0 Å². The van der Waals surface area contributed by atoms with Crippen LogP contribution in [0.1, 0.15) is 107 Å². The van der Waals surface area contributed by atoms with Crippen molar-refractivity contribution in [1.29, 1.82) is 0 Å². The Morgan fingerprint density at radius 1 is 0.677 bits per heavy atom. The second kappa shape index (κ2) is 15.8. The van der Waals surface area contributed by atoms with Gasteiger partial charge in [0.2, 0.25) is 11.8 Å². The van der Waals surface area contributed by atoms with Gasteiger partial charge in [-0.05, 0) is 132 Å². The molecule has 10 atom stereocenters. The van der Waals surface area contributed by atoms with Crippen LogP contribution in [0, 0.1) is 29.6 Å². The number of piperidine rings is 2. The van der Waals surface area contributed by atoms with E-state index in [1.54, 1.807) is 0 Å². The summed E-state index contributed by atoms with van der Waals surface area (Å²) >= 11 is 0. The third kappa shape index (κ3) is 7.05. The number of aromatic amines is 2. The van der Waals surface area contributed by atoms with Gasteiger partial charge in [-0.15, -0.1) is 0 Å². The highest BCUT2D eigenvalue weighted by atomic mass is 16.5. The highest BCUT2D eigenvalue weighted by Gasteiger charge is 2.57. The Morgan fingerprint density at radius 3 is 1.85 bits per heavy atom. The van der Waals surface area contributed by atoms with Gasteiger partial charge in [0.1, 0.15) is 23.7 Å². The highest BCUT2D eigenvalue weighted by molar-refractivity contribution is 5.89. The number of likely N-dealkylation sites (tertiary alicyclic amines) is 2. The van der Waals surface area contributed by atoms with Crippen LogP contribution in [-0.4, -0.2) is 92.1 Å². The zero-order valence-electron chi connectivity index (χ0n) is 37.9. The third-order valence-corrected chi connectivity index (χ3v) is 15.7. The number of nitrogens with zero attached hydrogens (tertiary/aromatic N) is 4. The molecule has 0 bridgehead atoms. The summed E-state index contributed by atoms with van der Waals surface area (Å²) in [5.41, 5.74) is 11.6. The molecule has 2 aliphatic heterocycles. The Kier molecular flexibility index (Phi) is 10.1. The smallest absolute Gasteiger partial charge is 0.407 e. The summed E-state index contributed by atoms with van der Waals surface area (Å²) in [4.78, 5) is 73.3. The minimum atomic E-state index is -0.676. The fraction of sp³-hybridized carbons (Fsp3) is 0.490. The van der Waals surface area contributed by atoms with E-state index < -0.39 is 24.3 Å². The summed E-state index contributed by atoms with van der Waals surface area (Å²) < 4.78 is 9.69. The molecule has 3 aromatic carbocycles. The fourth-order valence-corrected chi connectivity index (χ4v) is 11.9. The summed E-state index contributed by atoms with van der Waals surface area (Å²) in [7, 11) is 2.63. The molecule has 11 rings (SSSR count). The van der Waals surface area contributed by atoms with Gasteiger partial charge in [0, 0.05) is 12.1 Å². The van der Waals surface area contributed by atoms with E-state index in [1.807, 2.05) is 43.7 Å². The van der Waals surface area contributed by atoms with E-state index in [-0.39, 0.29) is 47.8 Å². The van der Waals surface area contributed by atoms with Crippen LogP contribution in [0.4, 0.5) is 9.59 Å². The summed E-state index contributed by atoms with van der Waals surface area (Å²) in [5, 5.41) is 5.54. The van der Waals surface area contributed by atoms with E-state index in [0.717, 1.165) is 71.6 Å².